The van der Waals surface area contributed by atoms with Gasteiger partial charge >= 0.3 is 5.97 Å². The van der Waals surface area contributed by atoms with Gasteiger partial charge in [-0.2, -0.15) is 0 Å². The molecule has 0 spiro atoms. The third-order valence-corrected chi connectivity index (χ3v) is 13.5. The number of cyclic esters (lactones) is 1. The Hall–Kier alpha value is -1.87. The van der Waals surface area contributed by atoms with Crippen LogP contribution in [0.4, 0.5) is 0 Å². The van der Waals surface area contributed by atoms with Gasteiger partial charge in [0.25, 0.3) is 0 Å². The highest BCUT2D eigenvalue weighted by molar-refractivity contribution is 5.73. The number of likely N-dealkylation sites (N-methyl/N-ethyl adjacent to an activating group) is 2. The average Bonchev–Trinajstić information content (AvgIpc) is 3.64. The molecular weight excluding hydrogens is 778 g/mol. The maximum atomic E-state index is 14.2. The fourth-order valence-electron chi connectivity index (χ4n) is 9.32. The van der Waals surface area contributed by atoms with E-state index in [2.05, 4.69) is 22.1 Å². The molecule has 3 aliphatic heterocycles. The van der Waals surface area contributed by atoms with Crippen LogP contribution >= 0.6 is 0 Å². The summed E-state index contributed by atoms with van der Waals surface area (Å²) in [4.78, 5) is 18.2. The van der Waals surface area contributed by atoms with Gasteiger partial charge in [0.2, 0.25) is 0 Å². The van der Waals surface area contributed by atoms with Crippen molar-refractivity contribution in [2.45, 2.75) is 211 Å². The summed E-state index contributed by atoms with van der Waals surface area (Å²) in [5.41, 5.74) is -3.55. The summed E-state index contributed by atoms with van der Waals surface area (Å²) in [5, 5.41) is 67.4. The van der Waals surface area contributed by atoms with E-state index in [9.17, 15) is 30.3 Å². The molecule has 0 bridgehead atoms. The first-order valence-corrected chi connectivity index (χ1v) is 22.1. The molecular formula is C43H79N5O12. The van der Waals surface area contributed by atoms with Crippen LogP contribution in [0.15, 0.2) is 6.20 Å². The van der Waals surface area contributed by atoms with E-state index in [0.717, 1.165) is 18.7 Å². The number of aliphatic hydroxyl groups excluding tert-OH is 3. The molecule has 17 atom stereocenters. The number of ether oxygens (including phenoxy) is 6. The molecule has 17 nitrogen and oxygen atoms in total. The number of aromatic nitrogens is 3. The molecule has 348 valence electrons. The lowest BCUT2D eigenvalue weighted by molar-refractivity contribution is -0.308. The second-order valence-electron chi connectivity index (χ2n) is 18.9. The van der Waals surface area contributed by atoms with Crippen molar-refractivity contribution >= 4 is 5.97 Å². The lowest BCUT2D eigenvalue weighted by Crippen LogP contribution is -2.59. The van der Waals surface area contributed by atoms with Crippen LogP contribution in [0.25, 0.3) is 0 Å². The highest BCUT2D eigenvalue weighted by Gasteiger charge is 2.50. The summed E-state index contributed by atoms with van der Waals surface area (Å²) in [5.74, 6) is -1.87. The van der Waals surface area contributed by atoms with Crippen molar-refractivity contribution in [1.82, 2.24) is 24.8 Å². The van der Waals surface area contributed by atoms with Crippen LogP contribution in [0.3, 0.4) is 0 Å². The van der Waals surface area contributed by atoms with Gasteiger partial charge in [-0.25, -0.2) is 0 Å². The summed E-state index contributed by atoms with van der Waals surface area (Å²) in [6.45, 7) is 19.7. The number of methoxy groups -OCH3 is 1. The van der Waals surface area contributed by atoms with Gasteiger partial charge in [0, 0.05) is 64.3 Å². The van der Waals surface area contributed by atoms with Gasteiger partial charge in [0.05, 0.1) is 47.2 Å². The lowest BCUT2D eigenvalue weighted by Gasteiger charge is -2.47. The van der Waals surface area contributed by atoms with E-state index in [1.54, 1.807) is 41.5 Å². The first-order valence-electron chi connectivity index (χ1n) is 22.1. The summed E-state index contributed by atoms with van der Waals surface area (Å²) in [6.07, 6.45) is -5.03. The molecule has 60 heavy (non-hydrogen) atoms. The summed E-state index contributed by atoms with van der Waals surface area (Å²) >= 11 is 0. The summed E-state index contributed by atoms with van der Waals surface area (Å²) in [7, 11) is 5.30. The Kier molecular flexibility index (Phi) is 17.9. The first kappa shape index (κ1) is 50.8. The van der Waals surface area contributed by atoms with Gasteiger partial charge in [0.1, 0.15) is 30.0 Å². The van der Waals surface area contributed by atoms with Crippen LogP contribution in [0.2, 0.25) is 0 Å². The topological polar surface area (TPSA) is 211 Å². The number of nitrogens with zero attached hydrogens (tertiary/aromatic N) is 5. The molecule has 17 heteroatoms. The smallest absolute Gasteiger partial charge is 0.311 e. The van der Waals surface area contributed by atoms with Crippen LogP contribution < -0.4 is 0 Å². The minimum absolute atomic E-state index is 0.0621. The molecule has 0 saturated carbocycles. The van der Waals surface area contributed by atoms with E-state index in [1.807, 2.05) is 43.7 Å². The zero-order valence-electron chi connectivity index (χ0n) is 38.6. The highest BCUT2D eigenvalue weighted by Crippen LogP contribution is 2.38. The van der Waals surface area contributed by atoms with Gasteiger partial charge in [-0.15, -0.1) is 5.10 Å². The van der Waals surface area contributed by atoms with Crippen molar-refractivity contribution < 1.29 is 58.7 Å². The maximum absolute atomic E-state index is 14.2. The van der Waals surface area contributed by atoms with Crippen LogP contribution in [0.1, 0.15) is 113 Å². The SMILES string of the molecule is CCCn1cc(CCN(C)[C@H]2C[C@@H](C)O[C@@H](O[C@@H]3C[C@H](O[C@H]4C[C@@](C)(OC)[C@@H](O)[C@H](C)O4)[C@@H](C)C(=O)O[C@H](CC)[C@@](C)(O)[C@H](O)[C@@H](C)N(C)C[C@H](C)C[C@@]3(C)O)[C@@H]2O)nn1. The van der Waals surface area contributed by atoms with E-state index >= 15 is 0 Å². The molecule has 1 aromatic heterocycles. The van der Waals surface area contributed by atoms with Gasteiger partial charge in [-0.3, -0.25) is 9.48 Å². The van der Waals surface area contributed by atoms with Gasteiger partial charge in [-0.1, -0.05) is 26.0 Å². The molecule has 0 radical (unpaired) electrons. The van der Waals surface area contributed by atoms with Gasteiger partial charge in [-0.05, 0) is 94.2 Å². The average molecular weight is 858 g/mol. The zero-order chi connectivity index (χ0) is 44.9. The lowest BCUT2D eigenvalue weighted by atomic mass is 9.83. The quantitative estimate of drug-likeness (QED) is 0.191. The minimum atomic E-state index is -1.81. The number of hydrogen-bond donors (Lipinski definition) is 5. The van der Waals surface area contributed by atoms with Crippen LogP contribution in [0, 0.1) is 11.8 Å². The van der Waals surface area contributed by atoms with Gasteiger partial charge in [0.15, 0.2) is 12.6 Å². The van der Waals surface area contributed by atoms with E-state index in [1.165, 1.54) is 14.0 Å². The number of hydrogen-bond acceptors (Lipinski definition) is 16. The number of aryl methyl sites for hydroxylation is 1. The number of carbonyl (C=O) groups excluding carboxylic acids is 1. The normalized spacial score (nSPS) is 43.4. The molecule has 5 N–H and O–H groups in total. The molecule has 3 fully saturated rings. The third kappa shape index (κ3) is 12.2. The van der Waals surface area contributed by atoms with Crippen molar-refractivity contribution in [1.29, 1.82) is 0 Å². The molecule has 3 aliphatic rings. The molecule has 3 saturated heterocycles. The van der Waals surface area contributed by atoms with Crippen LogP contribution in [0.5, 0.6) is 0 Å². The Labute approximate surface area is 358 Å². The van der Waals surface area contributed by atoms with E-state index < -0.39 is 90.0 Å². The Morgan fingerprint density at radius 2 is 1.67 bits per heavy atom. The van der Waals surface area contributed by atoms with Crippen molar-refractivity contribution in [3.8, 4) is 0 Å². The van der Waals surface area contributed by atoms with Crippen molar-refractivity contribution in [3.63, 3.8) is 0 Å². The predicted octanol–water partition coefficient (Wildman–Crippen LogP) is 2.27. The zero-order valence-corrected chi connectivity index (χ0v) is 38.6. The Morgan fingerprint density at radius 3 is 2.30 bits per heavy atom. The van der Waals surface area contributed by atoms with Gasteiger partial charge < -0.3 is 63.8 Å². The molecule has 0 aliphatic carbocycles. The fourth-order valence-corrected chi connectivity index (χ4v) is 9.32. The monoisotopic (exact) mass is 858 g/mol. The van der Waals surface area contributed by atoms with Crippen molar-refractivity contribution in [3.05, 3.63) is 11.9 Å². The number of rotatable bonds is 12. The summed E-state index contributed by atoms with van der Waals surface area (Å²) in [6, 6.07) is -0.904. The minimum Gasteiger partial charge on any atom is -0.459 e. The Morgan fingerprint density at radius 1 is 0.983 bits per heavy atom. The molecule has 0 amide bonds. The maximum Gasteiger partial charge on any atom is 0.311 e. The number of aliphatic hydroxyl groups is 5. The van der Waals surface area contributed by atoms with Crippen LogP contribution in [-0.2, 0) is 46.2 Å². The molecule has 0 unspecified atom stereocenters. The van der Waals surface area contributed by atoms with E-state index in [0.29, 0.717) is 25.9 Å². The third-order valence-electron chi connectivity index (χ3n) is 13.5. The van der Waals surface area contributed by atoms with E-state index in [-0.39, 0.29) is 43.7 Å². The molecule has 4 heterocycles. The first-order chi connectivity index (χ1) is 28.0. The predicted molar refractivity (Wildman–Crippen MR) is 223 cm³/mol. The molecule has 0 aromatic carbocycles. The standard InChI is InChI=1S/C43H79N5O12/c1-14-17-48-24-30(44-45-48)16-18-46(11)31-19-26(4)56-40(36(31)49)60-34-20-32(58-35-22-42(9,55-13)38(51)29(7)57-35)27(5)39(52)59-33(15-2)43(10,54)37(50)28(6)47(12)23-25(3)21-41(34,8)53/h24-29,31-38,40,49-51,53-54H,14-23H2,1-13H3/t25-,26-,27-,28-,29+,31+,32+,33-,34-,35+,36-,37-,38+,40+,41-,42-,43-/m1/s1. The second-order valence-corrected chi connectivity index (χ2v) is 18.9. The molecule has 1 aromatic rings. The second kappa shape index (κ2) is 21.2. The largest absolute Gasteiger partial charge is 0.459 e. The summed E-state index contributed by atoms with van der Waals surface area (Å²) < 4.78 is 39.5. The highest BCUT2D eigenvalue weighted by atomic mass is 16.7. The van der Waals surface area contributed by atoms with Crippen molar-refractivity contribution in [2.24, 2.45) is 11.8 Å². The van der Waals surface area contributed by atoms with Crippen LogP contribution in [-0.4, -0.2) is 181 Å². The Bertz CT molecular complexity index is 1490. The number of esters is 1. The van der Waals surface area contributed by atoms with E-state index in [4.69, 9.17) is 28.4 Å². The molecule has 4 rings (SSSR count). The Balaban J connectivity index is 1.71. The number of carbonyl (C=O) groups is 1. The fraction of sp³-hybridized carbons (Fsp3) is 0.930. The van der Waals surface area contributed by atoms with Crippen molar-refractivity contribution in [2.75, 3.05) is 34.3 Å².